The van der Waals surface area contributed by atoms with Crippen LogP contribution in [0.3, 0.4) is 0 Å². The van der Waals surface area contributed by atoms with Gasteiger partial charge in [-0.05, 0) is 169 Å². The van der Waals surface area contributed by atoms with E-state index in [2.05, 4.69) is 350 Å². The van der Waals surface area contributed by atoms with E-state index >= 15 is 0 Å². The first-order valence-corrected chi connectivity index (χ1v) is 33.7. The molecule has 2 aliphatic rings. The molecule has 0 radical (unpaired) electrons. The highest BCUT2D eigenvalue weighted by Gasteiger charge is 2.51. The van der Waals surface area contributed by atoms with Crippen LogP contribution in [-0.2, 0) is 5.41 Å². The molecule has 19 rings (SSSR count). The van der Waals surface area contributed by atoms with Crippen LogP contribution < -0.4 is 14.5 Å². The molecule has 2 aromatic heterocycles. The number of thiophene rings is 2. The minimum absolute atomic E-state index is 0.763. The molecule has 5 heteroatoms. The van der Waals surface area contributed by atoms with Gasteiger partial charge >= 0.3 is 0 Å². The van der Waals surface area contributed by atoms with Gasteiger partial charge in [0.05, 0.1) is 11.1 Å². The smallest absolute Gasteiger partial charge is 0.132 e. The maximum absolute atomic E-state index is 7.19. The van der Waals surface area contributed by atoms with E-state index in [-0.39, 0.29) is 0 Å². The minimum atomic E-state index is -0.763. The zero-order valence-corrected chi connectivity index (χ0v) is 52.6. The van der Waals surface area contributed by atoms with Crippen LogP contribution in [0.1, 0.15) is 22.3 Å². The van der Waals surface area contributed by atoms with Crippen LogP contribution in [0.4, 0.5) is 34.1 Å². The Kier molecular flexibility index (Phi) is 12.6. The summed E-state index contributed by atoms with van der Waals surface area (Å²) >= 11 is 3.75. The van der Waals surface area contributed by atoms with Gasteiger partial charge in [-0.15, -0.1) is 22.7 Å². The van der Waals surface area contributed by atoms with Crippen molar-refractivity contribution in [1.29, 1.82) is 0 Å². The van der Waals surface area contributed by atoms with Crippen molar-refractivity contribution < 1.29 is 4.74 Å². The Morgan fingerprint density at radius 2 is 0.787 bits per heavy atom. The Morgan fingerprint density at radius 1 is 0.255 bits per heavy atom. The number of fused-ring (bicyclic) bond motifs is 16. The first kappa shape index (κ1) is 54.2. The van der Waals surface area contributed by atoms with E-state index in [0.717, 1.165) is 67.9 Å². The predicted octanol–water partition coefficient (Wildman–Crippen LogP) is 25.7. The second-order valence-corrected chi connectivity index (χ2v) is 26.7. The topological polar surface area (TPSA) is 15.7 Å². The lowest BCUT2D eigenvalue weighted by Crippen LogP contribution is -2.32. The number of rotatable bonds is 10. The summed E-state index contributed by atoms with van der Waals surface area (Å²) in [5.41, 5.74) is 22.3. The summed E-state index contributed by atoms with van der Waals surface area (Å²) in [5.74, 6) is 1.69. The van der Waals surface area contributed by atoms with Crippen molar-refractivity contribution in [3.05, 3.63) is 362 Å². The van der Waals surface area contributed by atoms with Gasteiger partial charge in [0, 0.05) is 85.5 Å². The summed E-state index contributed by atoms with van der Waals surface area (Å²) in [6.07, 6.45) is 0. The maximum atomic E-state index is 7.19. The largest absolute Gasteiger partial charge is 0.457 e. The third-order valence-electron chi connectivity index (χ3n) is 19.5. The molecule has 0 saturated carbocycles. The minimum Gasteiger partial charge on any atom is -0.457 e. The molecule has 0 bridgehead atoms. The van der Waals surface area contributed by atoms with Gasteiger partial charge in [-0.3, -0.25) is 0 Å². The average Bonchev–Trinajstić information content (AvgIpc) is 1.47. The molecule has 0 amide bonds. The lowest BCUT2D eigenvalue weighted by molar-refractivity contribution is 0.436. The van der Waals surface area contributed by atoms with Crippen molar-refractivity contribution in [3.63, 3.8) is 0 Å². The summed E-state index contributed by atoms with van der Waals surface area (Å²) in [6.45, 7) is 0. The SMILES string of the molecule is c1ccc(-c2ccc(-c3cc(N(c4ccc5c(c4)[C@@]4(c6ccccc6O5)c5ccccc5-c5ccc(-c6ccc(N(c7ccccc7)c7ccc(-c8ccccc8)c8sc9ccccc9c78)cc6)cc54)c4ccc5ccccc5c4)cc4c3sc3ccccc34)cc2)cc1. The summed E-state index contributed by atoms with van der Waals surface area (Å²) in [7, 11) is 0. The fourth-order valence-electron chi connectivity index (χ4n) is 15.2. The monoisotopic (exact) mass is 1230 g/mol. The van der Waals surface area contributed by atoms with Gasteiger partial charge < -0.3 is 14.5 Å². The molecule has 15 aromatic carbocycles. The van der Waals surface area contributed by atoms with E-state index in [1.165, 1.54) is 107 Å². The van der Waals surface area contributed by atoms with Gasteiger partial charge in [-0.25, -0.2) is 0 Å². The normalized spacial score (nSPS) is 13.7. The Labute approximate surface area is 553 Å². The molecule has 0 saturated heterocycles. The fourth-order valence-corrected chi connectivity index (χ4v) is 17.7. The van der Waals surface area contributed by atoms with Gasteiger partial charge in [-0.2, -0.15) is 0 Å². The number of nitrogens with zero attached hydrogens (tertiary/aromatic N) is 2. The molecule has 0 unspecified atom stereocenters. The molecule has 1 spiro atoms. The van der Waals surface area contributed by atoms with E-state index in [1.54, 1.807) is 0 Å². The second kappa shape index (κ2) is 21.8. The summed E-state index contributed by atoms with van der Waals surface area (Å²) in [6, 6.07) is 125. The Balaban J connectivity index is 0.788. The van der Waals surface area contributed by atoms with Crippen molar-refractivity contribution in [2.75, 3.05) is 9.80 Å². The average molecular weight is 1230 g/mol. The van der Waals surface area contributed by atoms with Gasteiger partial charge in [-0.1, -0.05) is 243 Å². The molecule has 1 atom stereocenters. The van der Waals surface area contributed by atoms with Crippen molar-refractivity contribution in [2.24, 2.45) is 0 Å². The zero-order chi connectivity index (χ0) is 61.8. The molecule has 3 nitrogen and oxygen atoms in total. The molecule has 94 heavy (non-hydrogen) atoms. The summed E-state index contributed by atoms with van der Waals surface area (Å²) in [4.78, 5) is 4.92. The highest BCUT2D eigenvalue weighted by molar-refractivity contribution is 7.26. The third kappa shape index (κ3) is 8.56. The van der Waals surface area contributed by atoms with E-state index in [1.807, 2.05) is 22.7 Å². The van der Waals surface area contributed by atoms with Crippen LogP contribution in [0.25, 0.3) is 107 Å². The Hall–Kier alpha value is -11.6. The van der Waals surface area contributed by atoms with Crippen molar-refractivity contribution in [1.82, 2.24) is 0 Å². The predicted molar refractivity (Wildman–Crippen MR) is 398 cm³/mol. The maximum Gasteiger partial charge on any atom is 0.132 e. The van der Waals surface area contributed by atoms with Gasteiger partial charge in [0.25, 0.3) is 0 Å². The van der Waals surface area contributed by atoms with Crippen LogP contribution >= 0.6 is 22.7 Å². The molecule has 0 N–H and O–H groups in total. The van der Waals surface area contributed by atoms with Gasteiger partial charge in [0.2, 0.25) is 0 Å². The molecular weight excluding hydrogens is 1180 g/mol. The van der Waals surface area contributed by atoms with E-state index in [0.29, 0.717) is 0 Å². The van der Waals surface area contributed by atoms with Crippen molar-refractivity contribution in [3.8, 4) is 67.1 Å². The number of para-hydroxylation sites is 2. The number of benzene rings is 15. The van der Waals surface area contributed by atoms with Gasteiger partial charge in [0.1, 0.15) is 11.5 Å². The standard InChI is InChI=1S/C89H56N2OS2/c1-4-20-57(21-5-1)59-36-38-62(39-37-59)75-54-69(55-76-73-29-13-18-34-84(73)93-87(75)76)90(67-46-42-58-22-10-11-25-63(58)52-67)68-47-51-83-80(56-68)89(78-32-16-17-33-82(78)92-83)77-31-15-12-28-71(77)72-48-43-64(53-79(72)89)60-40-44-66(45-41-60)91(65-26-8-3-9-27-65)81-50-49-70(61-23-6-2-7-24-61)88-86(81)74-30-14-19-35-85(74)94-88/h1-56H/t89-/m1/s1. The summed E-state index contributed by atoms with van der Waals surface area (Å²) in [5, 5.41) is 7.36. The quantitative estimate of drug-likeness (QED) is 0.136. The van der Waals surface area contributed by atoms with Crippen LogP contribution in [0.5, 0.6) is 11.5 Å². The van der Waals surface area contributed by atoms with E-state index in [4.69, 9.17) is 4.74 Å². The van der Waals surface area contributed by atoms with Crippen LogP contribution in [0.2, 0.25) is 0 Å². The van der Waals surface area contributed by atoms with Crippen molar-refractivity contribution in [2.45, 2.75) is 5.41 Å². The summed E-state index contributed by atoms with van der Waals surface area (Å²) < 4.78 is 12.3. The number of hydrogen-bond acceptors (Lipinski definition) is 5. The van der Waals surface area contributed by atoms with Crippen LogP contribution in [0.15, 0.2) is 340 Å². The van der Waals surface area contributed by atoms with Crippen LogP contribution in [0, 0.1) is 0 Å². The Morgan fingerprint density at radius 3 is 1.60 bits per heavy atom. The zero-order valence-electron chi connectivity index (χ0n) is 51.0. The second-order valence-electron chi connectivity index (χ2n) is 24.6. The highest BCUT2D eigenvalue weighted by atomic mass is 32.1. The fraction of sp³-hybridized carbons (Fsp3) is 0.0112. The van der Waals surface area contributed by atoms with Crippen LogP contribution in [-0.4, -0.2) is 0 Å². The van der Waals surface area contributed by atoms with E-state index < -0.39 is 5.41 Å². The molecule has 0 fully saturated rings. The molecule has 1 aliphatic heterocycles. The number of anilines is 6. The molecular formula is C89H56N2OS2. The molecule has 1 aliphatic carbocycles. The first-order valence-electron chi connectivity index (χ1n) is 32.1. The number of ether oxygens (including phenoxy) is 1. The first-order chi connectivity index (χ1) is 46.6. The third-order valence-corrected chi connectivity index (χ3v) is 21.9. The lowest BCUT2D eigenvalue weighted by Gasteiger charge is -2.40. The number of hydrogen-bond donors (Lipinski definition) is 0. The van der Waals surface area contributed by atoms with Crippen molar-refractivity contribution >= 4 is 108 Å². The molecule has 3 heterocycles. The molecule has 440 valence electrons. The lowest BCUT2D eigenvalue weighted by atomic mass is 9.65. The molecule has 17 aromatic rings. The highest BCUT2D eigenvalue weighted by Crippen LogP contribution is 2.63. The Bertz CT molecular complexity index is 5840. The van der Waals surface area contributed by atoms with Gasteiger partial charge in [0.15, 0.2) is 0 Å². The van der Waals surface area contributed by atoms with E-state index in [9.17, 15) is 0 Å².